The monoisotopic (exact) mass is 339 g/mol. The van der Waals surface area contributed by atoms with E-state index in [4.69, 9.17) is 10.7 Å². The maximum Gasteiger partial charge on any atom is 0.261 e. The molecule has 0 aliphatic heterocycles. The van der Waals surface area contributed by atoms with Crippen molar-refractivity contribution in [2.24, 2.45) is 5.92 Å². The van der Waals surface area contributed by atoms with Gasteiger partial charge >= 0.3 is 0 Å². The maximum atomic E-state index is 12.0. The number of rotatable bonds is 7. The van der Waals surface area contributed by atoms with Gasteiger partial charge in [-0.1, -0.05) is 19.9 Å². The summed E-state index contributed by atoms with van der Waals surface area (Å²) < 4.78 is 48.9. The molecule has 8 heteroatoms. The summed E-state index contributed by atoms with van der Waals surface area (Å²) in [5.74, 6) is 0.504. The van der Waals surface area contributed by atoms with Gasteiger partial charge in [0, 0.05) is 17.2 Å². The summed E-state index contributed by atoms with van der Waals surface area (Å²) in [7, 11) is -2.46. The van der Waals surface area contributed by atoms with Crippen LogP contribution < -0.4 is 4.72 Å². The van der Waals surface area contributed by atoms with Crippen molar-refractivity contribution in [2.75, 3.05) is 6.54 Å². The van der Waals surface area contributed by atoms with Gasteiger partial charge in [0.15, 0.2) is 0 Å². The van der Waals surface area contributed by atoms with Gasteiger partial charge in [0.25, 0.3) is 9.05 Å². The van der Waals surface area contributed by atoms with Crippen molar-refractivity contribution in [1.82, 2.24) is 4.72 Å². The van der Waals surface area contributed by atoms with Crippen molar-refractivity contribution in [2.45, 2.75) is 36.5 Å². The third-order valence-electron chi connectivity index (χ3n) is 2.65. The molecular formula is C12H18ClNO4S2. The highest BCUT2D eigenvalue weighted by Crippen LogP contribution is 2.19. The molecule has 0 amide bonds. The fraction of sp³-hybridized carbons (Fsp3) is 0.500. The number of halogens is 1. The van der Waals surface area contributed by atoms with Crippen molar-refractivity contribution < 1.29 is 16.8 Å². The minimum absolute atomic E-state index is 0.108. The summed E-state index contributed by atoms with van der Waals surface area (Å²) in [6.07, 6.45) is 1.64. The van der Waals surface area contributed by atoms with Crippen molar-refractivity contribution in [3.05, 3.63) is 24.3 Å². The van der Waals surface area contributed by atoms with Crippen LogP contribution in [0.3, 0.4) is 0 Å². The lowest BCUT2D eigenvalue weighted by Crippen LogP contribution is -2.25. The molecule has 0 atom stereocenters. The molecule has 0 spiro atoms. The van der Waals surface area contributed by atoms with E-state index in [-0.39, 0.29) is 9.79 Å². The Balaban J connectivity index is 2.83. The first-order valence-electron chi connectivity index (χ1n) is 6.17. The van der Waals surface area contributed by atoms with Crippen LogP contribution in [0.25, 0.3) is 0 Å². The van der Waals surface area contributed by atoms with Crippen molar-refractivity contribution >= 4 is 29.8 Å². The molecule has 0 fully saturated rings. The highest BCUT2D eigenvalue weighted by molar-refractivity contribution is 8.13. The lowest BCUT2D eigenvalue weighted by molar-refractivity contribution is 0.540. The van der Waals surface area contributed by atoms with Crippen LogP contribution >= 0.6 is 10.7 Å². The zero-order valence-corrected chi connectivity index (χ0v) is 13.7. The molecule has 1 N–H and O–H groups in total. The molecule has 20 heavy (non-hydrogen) atoms. The molecular weight excluding hydrogens is 322 g/mol. The van der Waals surface area contributed by atoms with Crippen LogP contribution in [-0.4, -0.2) is 23.4 Å². The van der Waals surface area contributed by atoms with Crippen LogP contribution in [-0.2, 0) is 19.1 Å². The number of hydrogen-bond donors (Lipinski definition) is 1. The normalized spacial score (nSPS) is 12.8. The van der Waals surface area contributed by atoms with Gasteiger partial charge in [-0.05, 0) is 37.0 Å². The second-order valence-electron chi connectivity index (χ2n) is 4.85. The molecule has 0 bridgehead atoms. The SMILES string of the molecule is CC(C)CCCNS(=O)(=O)c1cccc(S(=O)(=O)Cl)c1. The molecule has 1 aromatic carbocycles. The van der Waals surface area contributed by atoms with Gasteiger partial charge in [-0.25, -0.2) is 21.6 Å². The smallest absolute Gasteiger partial charge is 0.211 e. The zero-order chi connectivity index (χ0) is 15.4. The van der Waals surface area contributed by atoms with Gasteiger partial charge in [0.1, 0.15) is 0 Å². The molecule has 0 aromatic heterocycles. The first kappa shape index (κ1) is 17.4. The number of hydrogen-bond acceptors (Lipinski definition) is 4. The Morgan fingerprint density at radius 2 is 1.75 bits per heavy atom. The summed E-state index contributed by atoms with van der Waals surface area (Å²) in [6, 6.07) is 4.97. The number of sulfonamides is 1. The Kier molecular flexibility index (Phi) is 6.00. The third-order valence-corrected chi connectivity index (χ3v) is 5.46. The lowest BCUT2D eigenvalue weighted by Gasteiger charge is -2.08. The first-order chi connectivity index (χ1) is 9.13. The largest absolute Gasteiger partial charge is 0.261 e. The Bertz CT molecular complexity index is 654. The molecule has 114 valence electrons. The topological polar surface area (TPSA) is 80.3 Å². The average molecular weight is 340 g/mol. The van der Waals surface area contributed by atoms with Crippen LogP contribution in [0.4, 0.5) is 0 Å². The first-order valence-corrected chi connectivity index (χ1v) is 9.96. The van der Waals surface area contributed by atoms with Crippen molar-refractivity contribution in [3.8, 4) is 0 Å². The summed E-state index contributed by atoms with van der Waals surface area (Å²) in [5, 5.41) is 0. The molecule has 1 rings (SSSR count). The maximum absolute atomic E-state index is 12.0. The van der Waals surface area contributed by atoms with Crippen LogP contribution in [0.2, 0.25) is 0 Å². The van der Waals surface area contributed by atoms with Crippen LogP contribution in [0, 0.1) is 5.92 Å². The molecule has 0 saturated carbocycles. The fourth-order valence-electron chi connectivity index (χ4n) is 1.59. The molecule has 0 aliphatic rings. The van der Waals surface area contributed by atoms with E-state index in [1.807, 2.05) is 0 Å². The lowest BCUT2D eigenvalue weighted by atomic mass is 10.1. The fourth-order valence-corrected chi connectivity index (χ4v) is 3.58. The average Bonchev–Trinajstić information content (AvgIpc) is 2.34. The Morgan fingerprint density at radius 3 is 2.30 bits per heavy atom. The van der Waals surface area contributed by atoms with Crippen LogP contribution in [0.15, 0.2) is 34.1 Å². The highest BCUT2D eigenvalue weighted by Gasteiger charge is 2.17. The summed E-state index contributed by atoms with van der Waals surface area (Å²) in [4.78, 5) is -0.340. The second-order valence-corrected chi connectivity index (χ2v) is 9.18. The van der Waals surface area contributed by atoms with Gasteiger partial charge in [-0.3, -0.25) is 0 Å². The van der Waals surface area contributed by atoms with E-state index in [2.05, 4.69) is 18.6 Å². The van der Waals surface area contributed by atoms with E-state index in [9.17, 15) is 16.8 Å². The van der Waals surface area contributed by atoms with E-state index in [1.165, 1.54) is 18.2 Å². The van der Waals surface area contributed by atoms with Gasteiger partial charge in [-0.2, -0.15) is 0 Å². The van der Waals surface area contributed by atoms with Gasteiger partial charge in [0.2, 0.25) is 10.0 Å². The molecule has 0 unspecified atom stereocenters. The second kappa shape index (κ2) is 6.89. The van der Waals surface area contributed by atoms with Gasteiger partial charge in [0.05, 0.1) is 9.79 Å². The van der Waals surface area contributed by atoms with Crippen LogP contribution in [0.1, 0.15) is 26.7 Å². The van der Waals surface area contributed by atoms with E-state index in [0.717, 1.165) is 18.9 Å². The summed E-state index contributed by atoms with van der Waals surface area (Å²) in [5.41, 5.74) is 0. The van der Waals surface area contributed by atoms with E-state index in [0.29, 0.717) is 12.5 Å². The number of nitrogens with one attached hydrogen (secondary N) is 1. The van der Waals surface area contributed by atoms with Gasteiger partial charge in [-0.15, -0.1) is 0 Å². The predicted octanol–water partition coefficient (Wildman–Crippen LogP) is 2.33. The van der Waals surface area contributed by atoms with Crippen molar-refractivity contribution in [1.29, 1.82) is 0 Å². The zero-order valence-electron chi connectivity index (χ0n) is 11.3. The Morgan fingerprint density at radius 1 is 1.15 bits per heavy atom. The predicted molar refractivity (Wildman–Crippen MR) is 78.7 cm³/mol. The Hall–Kier alpha value is -0.630. The molecule has 0 heterocycles. The Labute approximate surface area is 124 Å². The molecule has 0 aliphatic carbocycles. The van der Waals surface area contributed by atoms with Crippen LogP contribution in [0.5, 0.6) is 0 Å². The van der Waals surface area contributed by atoms with E-state index in [1.54, 1.807) is 0 Å². The quantitative estimate of drug-likeness (QED) is 0.610. The highest BCUT2D eigenvalue weighted by atomic mass is 35.7. The van der Waals surface area contributed by atoms with Gasteiger partial charge < -0.3 is 0 Å². The third kappa shape index (κ3) is 5.40. The van der Waals surface area contributed by atoms with E-state index < -0.39 is 19.1 Å². The molecule has 0 radical (unpaired) electrons. The molecule has 1 aromatic rings. The summed E-state index contributed by atoms with van der Waals surface area (Å²) in [6.45, 7) is 4.44. The minimum Gasteiger partial charge on any atom is -0.211 e. The minimum atomic E-state index is -3.94. The molecule has 0 saturated heterocycles. The number of benzene rings is 1. The van der Waals surface area contributed by atoms with E-state index >= 15 is 0 Å². The van der Waals surface area contributed by atoms with Crippen molar-refractivity contribution in [3.63, 3.8) is 0 Å². The summed E-state index contributed by atoms with van der Waals surface area (Å²) >= 11 is 0. The molecule has 5 nitrogen and oxygen atoms in total. The standard InChI is InChI=1S/C12H18ClNO4S2/c1-10(2)5-4-8-14-20(17,18)12-7-3-6-11(9-12)19(13,15)16/h3,6-7,9-10,14H,4-5,8H2,1-2H3.